The topological polar surface area (TPSA) is 72.2 Å². The molecule has 0 radical (unpaired) electrons. The van der Waals surface area contributed by atoms with E-state index in [1.54, 1.807) is 0 Å². The van der Waals surface area contributed by atoms with Gasteiger partial charge in [-0.2, -0.15) is 0 Å². The number of carbonyl (C=O) groups excluding carboxylic acids is 2. The second-order valence-corrected chi connectivity index (χ2v) is 5.95. The summed E-state index contributed by atoms with van der Waals surface area (Å²) in [4.78, 5) is 22.3. The fourth-order valence-electron chi connectivity index (χ4n) is 1.99. The van der Waals surface area contributed by atoms with Crippen LogP contribution < -0.4 is 11.1 Å². The molecule has 108 valence electrons. The van der Waals surface area contributed by atoms with Crippen molar-refractivity contribution in [3.63, 3.8) is 0 Å². The highest BCUT2D eigenvalue weighted by Gasteiger charge is 2.30. The fraction of sp³-hybridized carbons (Fsp3) is 0.714. The van der Waals surface area contributed by atoms with Crippen molar-refractivity contribution in [2.45, 2.75) is 56.6 Å². The molecule has 0 saturated carbocycles. The first kappa shape index (κ1) is 16.2. The summed E-state index contributed by atoms with van der Waals surface area (Å²) in [5, 5.41) is 1.97. The molecule has 1 unspecified atom stereocenters. The summed E-state index contributed by atoms with van der Waals surface area (Å²) in [6, 6.07) is 0. The molecule has 0 aromatic rings. The number of unbranched alkanes of at least 4 members (excludes halogenated alkanes) is 5. The molecule has 1 rings (SSSR count). The van der Waals surface area contributed by atoms with E-state index in [0.29, 0.717) is 0 Å². The van der Waals surface area contributed by atoms with Crippen LogP contribution in [0.5, 0.6) is 0 Å². The van der Waals surface area contributed by atoms with Crippen LogP contribution in [0.4, 0.5) is 4.79 Å². The standard InChI is InChI=1S/C14H24N2O2S/c15-11-9-7-5-3-1-2-4-6-8-10-12-13(17)16-14(18)19-12/h1,3,12H,2,4-11,15H2,(H,16,17,18)/b3-1-. The minimum absolute atomic E-state index is 0.116. The lowest BCUT2D eigenvalue weighted by Crippen LogP contribution is -2.23. The minimum atomic E-state index is -0.199. The van der Waals surface area contributed by atoms with Gasteiger partial charge in [-0.25, -0.2) is 0 Å². The Bertz CT molecular complexity index is 319. The Morgan fingerprint density at radius 1 is 1.05 bits per heavy atom. The second kappa shape index (κ2) is 10.0. The number of thioether (sulfide) groups is 1. The Kier molecular flexibility index (Phi) is 8.58. The number of allylic oxidation sites excluding steroid dienone is 2. The molecular weight excluding hydrogens is 260 g/mol. The smallest absolute Gasteiger partial charge is 0.286 e. The number of nitrogens with one attached hydrogen (secondary N) is 1. The summed E-state index contributed by atoms with van der Waals surface area (Å²) in [6.07, 6.45) is 13.1. The van der Waals surface area contributed by atoms with Crippen molar-refractivity contribution in [1.82, 2.24) is 5.32 Å². The third-order valence-electron chi connectivity index (χ3n) is 3.10. The van der Waals surface area contributed by atoms with Crippen LogP contribution in [0.1, 0.15) is 51.4 Å². The number of imide groups is 1. The average molecular weight is 284 g/mol. The zero-order chi connectivity index (χ0) is 13.9. The summed E-state index contributed by atoms with van der Waals surface area (Å²) in [6.45, 7) is 0.781. The SMILES string of the molecule is NCCCC/C=C\CCCCCC1SC(=O)NC1=O. The highest BCUT2D eigenvalue weighted by molar-refractivity contribution is 8.15. The van der Waals surface area contributed by atoms with Crippen LogP contribution in [0.2, 0.25) is 0 Å². The quantitative estimate of drug-likeness (QED) is 0.478. The van der Waals surface area contributed by atoms with Gasteiger partial charge in [0.1, 0.15) is 0 Å². The fourth-order valence-corrected chi connectivity index (χ4v) is 2.86. The Labute approximate surface area is 119 Å². The number of rotatable bonds is 10. The van der Waals surface area contributed by atoms with Crippen LogP contribution in [0, 0.1) is 0 Å². The van der Waals surface area contributed by atoms with Crippen molar-refractivity contribution < 1.29 is 9.59 Å². The van der Waals surface area contributed by atoms with Gasteiger partial charge in [0.25, 0.3) is 5.24 Å². The number of carbonyl (C=O) groups is 2. The van der Waals surface area contributed by atoms with E-state index in [-0.39, 0.29) is 16.4 Å². The van der Waals surface area contributed by atoms with Crippen LogP contribution >= 0.6 is 11.8 Å². The van der Waals surface area contributed by atoms with Gasteiger partial charge in [0, 0.05) is 0 Å². The van der Waals surface area contributed by atoms with Gasteiger partial charge in [-0.05, 0) is 45.1 Å². The molecule has 2 amide bonds. The molecule has 19 heavy (non-hydrogen) atoms. The van der Waals surface area contributed by atoms with Gasteiger partial charge in [0.2, 0.25) is 5.91 Å². The molecule has 1 saturated heterocycles. The first-order valence-corrected chi connectivity index (χ1v) is 7.98. The Balaban J connectivity index is 1.91. The van der Waals surface area contributed by atoms with Crippen LogP contribution in [0.25, 0.3) is 0 Å². The average Bonchev–Trinajstić information content (AvgIpc) is 2.70. The minimum Gasteiger partial charge on any atom is -0.330 e. The van der Waals surface area contributed by atoms with Crippen molar-refractivity contribution in [3.05, 3.63) is 12.2 Å². The van der Waals surface area contributed by atoms with Gasteiger partial charge < -0.3 is 5.73 Å². The number of hydrogen-bond acceptors (Lipinski definition) is 4. The lowest BCUT2D eigenvalue weighted by atomic mass is 10.1. The molecule has 1 atom stereocenters. The molecule has 0 aromatic heterocycles. The number of hydrogen-bond donors (Lipinski definition) is 2. The third-order valence-corrected chi connectivity index (χ3v) is 4.15. The van der Waals surface area contributed by atoms with Crippen molar-refractivity contribution in [2.24, 2.45) is 5.73 Å². The maximum atomic E-state index is 11.3. The molecule has 1 aliphatic rings. The van der Waals surface area contributed by atoms with Crippen molar-refractivity contribution in [3.8, 4) is 0 Å². The molecule has 1 heterocycles. The van der Waals surface area contributed by atoms with Gasteiger partial charge in [-0.15, -0.1) is 0 Å². The first-order valence-electron chi connectivity index (χ1n) is 7.10. The maximum Gasteiger partial charge on any atom is 0.286 e. The molecule has 1 aliphatic heterocycles. The van der Waals surface area contributed by atoms with E-state index in [2.05, 4.69) is 17.5 Å². The molecule has 0 spiro atoms. The summed E-state index contributed by atoms with van der Waals surface area (Å²) in [7, 11) is 0. The molecule has 3 N–H and O–H groups in total. The van der Waals surface area contributed by atoms with Crippen molar-refractivity contribution >= 4 is 22.9 Å². The Hall–Kier alpha value is -0.810. The van der Waals surface area contributed by atoms with E-state index in [1.165, 1.54) is 6.42 Å². The lowest BCUT2D eigenvalue weighted by molar-refractivity contribution is -0.119. The van der Waals surface area contributed by atoms with Gasteiger partial charge in [0.05, 0.1) is 5.25 Å². The van der Waals surface area contributed by atoms with Crippen molar-refractivity contribution in [2.75, 3.05) is 6.54 Å². The van der Waals surface area contributed by atoms with E-state index in [1.807, 2.05) is 0 Å². The van der Waals surface area contributed by atoms with Gasteiger partial charge in [0.15, 0.2) is 0 Å². The molecule has 4 nitrogen and oxygen atoms in total. The zero-order valence-corrected chi connectivity index (χ0v) is 12.2. The van der Waals surface area contributed by atoms with E-state index >= 15 is 0 Å². The zero-order valence-electron chi connectivity index (χ0n) is 11.4. The molecule has 0 bridgehead atoms. The van der Waals surface area contributed by atoms with Crippen molar-refractivity contribution in [1.29, 1.82) is 0 Å². The monoisotopic (exact) mass is 284 g/mol. The Morgan fingerprint density at radius 2 is 1.74 bits per heavy atom. The molecule has 0 aromatic carbocycles. The number of amides is 2. The van der Waals surface area contributed by atoms with Crippen LogP contribution in [0.3, 0.4) is 0 Å². The summed E-state index contributed by atoms with van der Waals surface area (Å²) in [5.74, 6) is -0.116. The molecule has 5 heteroatoms. The third kappa shape index (κ3) is 7.38. The predicted octanol–water partition coefficient (Wildman–Crippen LogP) is 2.97. The second-order valence-electron chi connectivity index (χ2n) is 4.78. The van der Waals surface area contributed by atoms with Crippen LogP contribution in [0.15, 0.2) is 12.2 Å². The normalized spacial score (nSPS) is 19.3. The van der Waals surface area contributed by atoms with E-state index in [0.717, 1.165) is 63.3 Å². The highest BCUT2D eigenvalue weighted by Crippen LogP contribution is 2.24. The molecular formula is C14H24N2O2S. The molecule has 0 aliphatic carbocycles. The first-order chi connectivity index (χ1) is 9.24. The van der Waals surface area contributed by atoms with E-state index in [4.69, 9.17) is 5.73 Å². The lowest BCUT2D eigenvalue weighted by Gasteiger charge is -2.03. The molecule has 1 fully saturated rings. The largest absolute Gasteiger partial charge is 0.330 e. The summed E-state index contributed by atoms with van der Waals surface area (Å²) >= 11 is 1.13. The number of nitrogens with two attached hydrogens (primary N) is 1. The van der Waals surface area contributed by atoms with Crippen LogP contribution in [-0.2, 0) is 4.79 Å². The summed E-state index contributed by atoms with van der Waals surface area (Å²) in [5.41, 5.74) is 5.42. The van der Waals surface area contributed by atoms with Gasteiger partial charge in [-0.1, -0.05) is 36.8 Å². The predicted molar refractivity (Wildman–Crippen MR) is 80.0 cm³/mol. The Morgan fingerprint density at radius 3 is 2.32 bits per heavy atom. The summed E-state index contributed by atoms with van der Waals surface area (Å²) < 4.78 is 0. The van der Waals surface area contributed by atoms with Crippen LogP contribution in [-0.4, -0.2) is 22.9 Å². The maximum absolute atomic E-state index is 11.3. The van der Waals surface area contributed by atoms with E-state index in [9.17, 15) is 9.59 Å². The van der Waals surface area contributed by atoms with E-state index < -0.39 is 0 Å². The highest BCUT2D eigenvalue weighted by atomic mass is 32.2. The van der Waals surface area contributed by atoms with Gasteiger partial charge >= 0.3 is 0 Å². The van der Waals surface area contributed by atoms with Gasteiger partial charge in [-0.3, -0.25) is 14.9 Å².